The van der Waals surface area contributed by atoms with Gasteiger partial charge in [0.05, 0.1) is 17.8 Å². The van der Waals surface area contributed by atoms with Crippen molar-refractivity contribution in [2.75, 3.05) is 7.11 Å². The van der Waals surface area contributed by atoms with E-state index in [1.54, 1.807) is 19.2 Å². The van der Waals surface area contributed by atoms with Crippen LogP contribution in [0.4, 0.5) is 0 Å². The highest BCUT2D eigenvalue weighted by Gasteiger charge is 2.11. The number of hydrogen-bond acceptors (Lipinski definition) is 2. The van der Waals surface area contributed by atoms with Crippen LogP contribution in [0.5, 0.6) is 5.75 Å². The predicted molar refractivity (Wildman–Crippen MR) is 83.8 cm³/mol. The molecule has 0 aliphatic rings. The van der Waals surface area contributed by atoms with Gasteiger partial charge in [0.25, 0.3) is 0 Å². The summed E-state index contributed by atoms with van der Waals surface area (Å²) in [5, 5.41) is 1.97. The van der Waals surface area contributed by atoms with E-state index in [9.17, 15) is 0 Å². The summed E-state index contributed by atoms with van der Waals surface area (Å²) in [6.45, 7) is 0. The first-order valence-corrected chi connectivity index (χ1v) is 6.84. The van der Waals surface area contributed by atoms with E-state index in [0.29, 0.717) is 21.3 Å². The van der Waals surface area contributed by atoms with Crippen molar-refractivity contribution in [1.29, 1.82) is 0 Å². The molecule has 0 aliphatic carbocycles. The maximum atomic E-state index is 6.36. The van der Waals surface area contributed by atoms with E-state index >= 15 is 0 Å². The molecule has 0 aliphatic heterocycles. The minimum atomic E-state index is 0.575. The Morgan fingerprint density at radius 2 is 1.75 bits per heavy atom. The molecule has 100 valence electrons. The van der Waals surface area contributed by atoms with Gasteiger partial charge in [0.15, 0.2) is 0 Å². The third kappa shape index (κ3) is 2.33. The van der Waals surface area contributed by atoms with Gasteiger partial charge in [0.2, 0.25) is 0 Å². The quantitative estimate of drug-likeness (QED) is 0.648. The molecule has 2 nitrogen and oxygen atoms in total. The van der Waals surface area contributed by atoms with Crippen LogP contribution in [-0.4, -0.2) is 12.1 Å². The first-order valence-electron chi connectivity index (χ1n) is 6.08. The van der Waals surface area contributed by atoms with Gasteiger partial charge in [-0.25, -0.2) is 4.98 Å². The normalized spacial score (nSPS) is 10.8. The molecule has 3 rings (SSSR count). The first kappa shape index (κ1) is 13.2. The Labute approximate surface area is 126 Å². The molecule has 0 amide bonds. The Kier molecular flexibility index (Phi) is 3.51. The molecule has 1 aromatic heterocycles. The molecular formula is C16H11Cl2NO. The van der Waals surface area contributed by atoms with Crippen molar-refractivity contribution >= 4 is 34.1 Å². The van der Waals surface area contributed by atoms with Crippen LogP contribution in [0.2, 0.25) is 10.0 Å². The second kappa shape index (κ2) is 5.31. The van der Waals surface area contributed by atoms with Gasteiger partial charge in [-0.3, -0.25) is 0 Å². The minimum Gasteiger partial charge on any atom is -0.494 e. The molecule has 0 N–H and O–H groups in total. The summed E-state index contributed by atoms with van der Waals surface area (Å²) in [5.74, 6) is 0.618. The fraction of sp³-hybridized carbons (Fsp3) is 0.0625. The van der Waals surface area contributed by atoms with E-state index in [2.05, 4.69) is 4.98 Å². The Bertz CT molecular complexity index is 772. The van der Waals surface area contributed by atoms with Gasteiger partial charge in [-0.2, -0.15) is 0 Å². The van der Waals surface area contributed by atoms with Crippen molar-refractivity contribution in [1.82, 2.24) is 4.98 Å². The van der Waals surface area contributed by atoms with Crippen molar-refractivity contribution in [3.8, 4) is 17.0 Å². The number of rotatable bonds is 2. The molecule has 0 saturated heterocycles. The van der Waals surface area contributed by atoms with Gasteiger partial charge in [0, 0.05) is 22.0 Å². The zero-order valence-electron chi connectivity index (χ0n) is 10.7. The van der Waals surface area contributed by atoms with Crippen molar-refractivity contribution in [3.63, 3.8) is 0 Å². The molecule has 0 bridgehead atoms. The molecule has 0 unspecified atom stereocenters. The lowest BCUT2D eigenvalue weighted by atomic mass is 10.1. The summed E-state index contributed by atoms with van der Waals surface area (Å²) in [4.78, 5) is 4.65. The molecule has 2 aromatic carbocycles. The Balaban J connectivity index is 2.31. The molecule has 0 atom stereocenters. The molecule has 0 radical (unpaired) electrons. The summed E-state index contributed by atoms with van der Waals surface area (Å²) in [7, 11) is 1.59. The van der Waals surface area contributed by atoms with E-state index in [-0.39, 0.29) is 0 Å². The van der Waals surface area contributed by atoms with Crippen LogP contribution in [0.15, 0.2) is 48.5 Å². The van der Waals surface area contributed by atoms with Crippen LogP contribution in [-0.2, 0) is 0 Å². The molecule has 0 spiro atoms. The number of hydrogen-bond donors (Lipinski definition) is 0. The van der Waals surface area contributed by atoms with Gasteiger partial charge >= 0.3 is 0 Å². The molecule has 4 heteroatoms. The van der Waals surface area contributed by atoms with Crippen LogP contribution < -0.4 is 4.74 Å². The summed E-state index contributed by atoms with van der Waals surface area (Å²) in [5.41, 5.74) is 2.53. The van der Waals surface area contributed by atoms with Crippen LogP contribution in [0.1, 0.15) is 0 Å². The fourth-order valence-corrected chi connectivity index (χ4v) is 2.59. The first-order chi connectivity index (χ1) is 9.69. The summed E-state index contributed by atoms with van der Waals surface area (Å²) < 4.78 is 5.35. The van der Waals surface area contributed by atoms with E-state index < -0.39 is 0 Å². The molecule has 3 aromatic rings. The second-order valence-electron chi connectivity index (χ2n) is 4.36. The number of aromatic nitrogens is 1. The maximum absolute atomic E-state index is 6.36. The Morgan fingerprint density at radius 1 is 1.00 bits per heavy atom. The highest BCUT2D eigenvalue weighted by atomic mass is 35.5. The second-order valence-corrected chi connectivity index (χ2v) is 5.20. The summed E-state index contributed by atoms with van der Waals surface area (Å²) >= 11 is 12.4. The number of halogens is 2. The Morgan fingerprint density at radius 3 is 2.45 bits per heavy atom. The highest BCUT2D eigenvalue weighted by Crippen LogP contribution is 2.35. The van der Waals surface area contributed by atoms with Crippen LogP contribution in [0.3, 0.4) is 0 Å². The number of pyridine rings is 1. The van der Waals surface area contributed by atoms with Crippen LogP contribution in [0, 0.1) is 0 Å². The van der Waals surface area contributed by atoms with E-state index in [1.165, 1.54) is 0 Å². The molecule has 0 saturated carbocycles. The molecule has 0 fully saturated rings. The SMILES string of the molecule is COc1cc(Cl)cc2c(Cl)cc(-c3ccccc3)nc12. The van der Waals surface area contributed by atoms with Crippen molar-refractivity contribution in [3.05, 3.63) is 58.6 Å². The molecular weight excluding hydrogens is 293 g/mol. The monoisotopic (exact) mass is 303 g/mol. The maximum Gasteiger partial charge on any atom is 0.146 e. The van der Waals surface area contributed by atoms with E-state index in [4.69, 9.17) is 27.9 Å². The zero-order valence-corrected chi connectivity index (χ0v) is 12.2. The number of fused-ring (bicyclic) bond motifs is 1. The van der Waals surface area contributed by atoms with Gasteiger partial charge in [-0.1, -0.05) is 53.5 Å². The third-order valence-electron chi connectivity index (χ3n) is 3.08. The van der Waals surface area contributed by atoms with E-state index in [0.717, 1.165) is 16.6 Å². The number of benzene rings is 2. The largest absolute Gasteiger partial charge is 0.494 e. The average Bonchev–Trinajstić information content (AvgIpc) is 2.48. The summed E-state index contributed by atoms with van der Waals surface area (Å²) in [6, 6.07) is 15.3. The van der Waals surface area contributed by atoms with Crippen molar-refractivity contribution < 1.29 is 4.74 Å². The predicted octanol–water partition coefficient (Wildman–Crippen LogP) is 5.22. The van der Waals surface area contributed by atoms with Gasteiger partial charge in [0.1, 0.15) is 11.3 Å². The lowest BCUT2D eigenvalue weighted by molar-refractivity contribution is 0.419. The number of methoxy groups -OCH3 is 1. The Hall–Kier alpha value is -1.77. The summed E-state index contributed by atoms with van der Waals surface area (Å²) in [6.07, 6.45) is 0. The topological polar surface area (TPSA) is 22.1 Å². The standard InChI is InChI=1S/C16H11Cl2NO/c1-20-15-8-11(17)7-12-13(18)9-14(19-16(12)15)10-5-3-2-4-6-10/h2-9H,1H3. The van der Waals surface area contributed by atoms with Crippen molar-refractivity contribution in [2.24, 2.45) is 0 Å². The molecule has 1 heterocycles. The lowest BCUT2D eigenvalue weighted by Crippen LogP contribution is -1.91. The van der Waals surface area contributed by atoms with Crippen LogP contribution in [0.25, 0.3) is 22.2 Å². The van der Waals surface area contributed by atoms with E-state index in [1.807, 2.05) is 36.4 Å². The fourth-order valence-electron chi connectivity index (χ4n) is 2.13. The lowest BCUT2D eigenvalue weighted by Gasteiger charge is -2.09. The smallest absolute Gasteiger partial charge is 0.146 e. The molecule has 20 heavy (non-hydrogen) atoms. The van der Waals surface area contributed by atoms with Crippen LogP contribution >= 0.6 is 23.2 Å². The van der Waals surface area contributed by atoms with Crippen molar-refractivity contribution in [2.45, 2.75) is 0 Å². The highest BCUT2D eigenvalue weighted by molar-refractivity contribution is 6.37. The number of nitrogens with zero attached hydrogens (tertiary/aromatic N) is 1. The number of ether oxygens (including phenoxy) is 1. The minimum absolute atomic E-state index is 0.575. The van der Waals surface area contributed by atoms with Gasteiger partial charge in [-0.05, 0) is 12.1 Å². The van der Waals surface area contributed by atoms with Gasteiger partial charge in [-0.15, -0.1) is 0 Å². The van der Waals surface area contributed by atoms with Gasteiger partial charge < -0.3 is 4.74 Å². The average molecular weight is 304 g/mol. The zero-order chi connectivity index (χ0) is 14.1. The third-order valence-corrected chi connectivity index (χ3v) is 3.61.